The average Bonchev–Trinajstić information content (AvgIpc) is 2.38. The van der Waals surface area contributed by atoms with Crippen molar-refractivity contribution < 1.29 is 13.6 Å². The molecule has 0 fully saturated rings. The van der Waals surface area contributed by atoms with Crippen molar-refractivity contribution in [3.63, 3.8) is 0 Å². The maximum absolute atomic E-state index is 13.4. The van der Waals surface area contributed by atoms with Crippen molar-refractivity contribution in [2.24, 2.45) is 0 Å². The molecule has 2 aromatic rings. The summed E-state index contributed by atoms with van der Waals surface area (Å²) in [6, 6.07) is 6.46. The Balaban J connectivity index is 2.13. The fourth-order valence-electron chi connectivity index (χ4n) is 1.46. The van der Waals surface area contributed by atoms with Crippen molar-refractivity contribution in [2.75, 3.05) is 10.6 Å². The topological polar surface area (TPSA) is 41.1 Å². The second kappa shape index (κ2) is 6.07. The third kappa shape index (κ3) is 3.59. The zero-order chi connectivity index (χ0) is 14.7. The van der Waals surface area contributed by atoms with Gasteiger partial charge in [-0.05, 0) is 30.3 Å². The lowest BCUT2D eigenvalue weighted by Crippen LogP contribution is -2.20. The van der Waals surface area contributed by atoms with Crippen molar-refractivity contribution in [1.29, 1.82) is 0 Å². The molecule has 0 atom stereocenters. The van der Waals surface area contributed by atoms with Crippen molar-refractivity contribution in [1.82, 2.24) is 0 Å². The maximum Gasteiger partial charge on any atom is 0.323 e. The van der Waals surface area contributed by atoms with Gasteiger partial charge in [-0.1, -0.05) is 23.2 Å². The molecule has 0 aliphatic heterocycles. The quantitative estimate of drug-likeness (QED) is 0.811. The van der Waals surface area contributed by atoms with Crippen LogP contribution in [-0.4, -0.2) is 6.03 Å². The second-order valence-corrected chi connectivity index (χ2v) is 4.67. The van der Waals surface area contributed by atoms with Crippen LogP contribution in [0.5, 0.6) is 0 Å². The molecule has 0 saturated heterocycles. The van der Waals surface area contributed by atoms with Crippen molar-refractivity contribution in [3.05, 3.63) is 58.1 Å². The van der Waals surface area contributed by atoms with Crippen LogP contribution in [0.1, 0.15) is 0 Å². The first-order chi connectivity index (χ1) is 9.45. The number of urea groups is 1. The number of hydrogen-bond donors (Lipinski definition) is 2. The van der Waals surface area contributed by atoms with Gasteiger partial charge in [-0.2, -0.15) is 0 Å². The number of carbonyl (C=O) groups excluding carboxylic acids is 1. The first-order valence-corrected chi connectivity index (χ1v) is 6.19. The SMILES string of the molecule is O=C(Nc1cc(F)ccc1F)Nc1cc(Cl)ccc1Cl. The minimum Gasteiger partial charge on any atom is -0.306 e. The Morgan fingerprint density at radius 3 is 2.40 bits per heavy atom. The molecule has 104 valence electrons. The summed E-state index contributed by atoms with van der Waals surface area (Å²) in [5.74, 6) is -1.42. The Kier molecular flexibility index (Phi) is 4.42. The van der Waals surface area contributed by atoms with Crippen LogP contribution in [0.3, 0.4) is 0 Å². The highest BCUT2D eigenvalue weighted by molar-refractivity contribution is 6.35. The van der Waals surface area contributed by atoms with Crippen molar-refractivity contribution in [3.8, 4) is 0 Å². The van der Waals surface area contributed by atoms with Gasteiger partial charge in [0.05, 0.1) is 16.4 Å². The Morgan fingerprint density at radius 2 is 1.65 bits per heavy atom. The minimum atomic E-state index is -0.765. The van der Waals surface area contributed by atoms with Crippen LogP contribution in [0.4, 0.5) is 25.0 Å². The second-order valence-electron chi connectivity index (χ2n) is 3.83. The van der Waals surface area contributed by atoms with E-state index >= 15 is 0 Å². The lowest BCUT2D eigenvalue weighted by atomic mass is 10.3. The number of anilines is 2. The molecule has 3 nitrogen and oxygen atoms in total. The number of rotatable bonds is 2. The summed E-state index contributed by atoms with van der Waals surface area (Å²) in [6.07, 6.45) is 0. The number of nitrogens with one attached hydrogen (secondary N) is 2. The van der Waals surface area contributed by atoms with Crippen LogP contribution in [0.25, 0.3) is 0 Å². The highest BCUT2D eigenvalue weighted by Gasteiger charge is 2.10. The first-order valence-electron chi connectivity index (χ1n) is 5.44. The van der Waals surface area contributed by atoms with E-state index in [9.17, 15) is 13.6 Å². The molecular weight excluding hydrogens is 309 g/mol. The van der Waals surface area contributed by atoms with Crippen LogP contribution >= 0.6 is 23.2 Å². The van der Waals surface area contributed by atoms with Gasteiger partial charge < -0.3 is 10.6 Å². The minimum absolute atomic E-state index is 0.258. The molecule has 0 aliphatic rings. The molecular formula is C13H8Cl2F2N2O. The lowest BCUT2D eigenvalue weighted by Gasteiger charge is -2.10. The molecule has 7 heteroatoms. The van der Waals surface area contributed by atoms with Gasteiger partial charge in [0.25, 0.3) is 0 Å². The molecule has 2 N–H and O–H groups in total. The molecule has 2 aromatic carbocycles. The van der Waals surface area contributed by atoms with Crippen LogP contribution in [-0.2, 0) is 0 Å². The fourth-order valence-corrected chi connectivity index (χ4v) is 1.80. The first kappa shape index (κ1) is 14.6. The average molecular weight is 317 g/mol. The van der Waals surface area contributed by atoms with Gasteiger partial charge in [-0.3, -0.25) is 0 Å². The Labute approximate surface area is 123 Å². The molecule has 0 aromatic heterocycles. The summed E-state index contributed by atoms with van der Waals surface area (Å²) in [5, 5.41) is 5.21. The van der Waals surface area contributed by atoms with Crippen LogP contribution < -0.4 is 10.6 Å². The normalized spacial score (nSPS) is 10.2. The molecule has 0 aliphatic carbocycles. The Bertz CT molecular complexity index is 609. The molecule has 0 unspecified atom stereocenters. The number of halogens is 4. The summed E-state index contributed by atoms with van der Waals surface area (Å²) >= 11 is 11.6. The van der Waals surface area contributed by atoms with E-state index in [0.29, 0.717) is 5.02 Å². The van der Waals surface area contributed by atoms with Gasteiger partial charge in [0, 0.05) is 11.1 Å². The lowest BCUT2D eigenvalue weighted by molar-refractivity contribution is 0.262. The zero-order valence-electron chi connectivity index (χ0n) is 9.88. The van der Waals surface area contributed by atoms with Gasteiger partial charge in [-0.15, -0.1) is 0 Å². The van der Waals surface area contributed by atoms with E-state index in [0.717, 1.165) is 18.2 Å². The van der Waals surface area contributed by atoms with E-state index in [1.165, 1.54) is 12.1 Å². The molecule has 2 amide bonds. The van der Waals surface area contributed by atoms with E-state index in [4.69, 9.17) is 23.2 Å². The predicted octanol–water partition coefficient (Wildman–Crippen LogP) is 4.92. The molecule has 2 rings (SSSR count). The fraction of sp³-hybridized carbons (Fsp3) is 0. The van der Waals surface area contributed by atoms with E-state index in [1.807, 2.05) is 0 Å². The van der Waals surface area contributed by atoms with Gasteiger partial charge >= 0.3 is 6.03 Å². The summed E-state index contributed by atoms with van der Waals surface area (Å²) in [7, 11) is 0. The van der Waals surface area contributed by atoms with Crippen molar-refractivity contribution >= 4 is 40.6 Å². The molecule has 20 heavy (non-hydrogen) atoms. The predicted molar refractivity (Wildman–Crippen MR) is 75.5 cm³/mol. The Hall–Kier alpha value is -1.85. The smallest absolute Gasteiger partial charge is 0.306 e. The van der Waals surface area contributed by atoms with Gasteiger partial charge in [0.15, 0.2) is 0 Å². The van der Waals surface area contributed by atoms with Crippen LogP contribution in [0.2, 0.25) is 10.0 Å². The highest BCUT2D eigenvalue weighted by atomic mass is 35.5. The molecule has 0 radical (unpaired) electrons. The summed E-state index contributed by atoms with van der Waals surface area (Å²) < 4.78 is 26.3. The third-order valence-corrected chi connectivity index (χ3v) is 2.92. The summed E-state index contributed by atoms with van der Waals surface area (Å²) in [5.41, 5.74) is -0.0193. The van der Waals surface area contributed by atoms with Crippen LogP contribution in [0.15, 0.2) is 36.4 Å². The molecule has 0 heterocycles. The summed E-state index contributed by atoms with van der Waals surface area (Å²) in [4.78, 5) is 11.7. The third-order valence-electron chi connectivity index (χ3n) is 2.35. The molecule has 0 saturated carbocycles. The van der Waals surface area contributed by atoms with Crippen molar-refractivity contribution in [2.45, 2.75) is 0 Å². The van der Waals surface area contributed by atoms with E-state index in [-0.39, 0.29) is 16.4 Å². The number of hydrogen-bond acceptors (Lipinski definition) is 1. The van der Waals surface area contributed by atoms with E-state index < -0.39 is 17.7 Å². The van der Waals surface area contributed by atoms with Gasteiger partial charge in [0.2, 0.25) is 0 Å². The number of benzene rings is 2. The largest absolute Gasteiger partial charge is 0.323 e. The Morgan fingerprint density at radius 1 is 0.950 bits per heavy atom. The number of carbonyl (C=O) groups is 1. The molecule has 0 spiro atoms. The van der Waals surface area contributed by atoms with Gasteiger partial charge in [0.1, 0.15) is 11.6 Å². The monoisotopic (exact) mass is 316 g/mol. The van der Waals surface area contributed by atoms with E-state index in [1.54, 1.807) is 6.07 Å². The number of amides is 2. The molecule has 0 bridgehead atoms. The van der Waals surface area contributed by atoms with Crippen LogP contribution in [0, 0.1) is 11.6 Å². The summed E-state index contributed by atoms with van der Waals surface area (Å²) in [6.45, 7) is 0. The highest BCUT2D eigenvalue weighted by Crippen LogP contribution is 2.25. The maximum atomic E-state index is 13.4. The van der Waals surface area contributed by atoms with E-state index in [2.05, 4.69) is 10.6 Å². The standard InChI is InChI=1S/C13H8Cl2F2N2O/c14-7-1-3-9(15)11(5-7)18-13(20)19-12-6-8(16)2-4-10(12)17/h1-6H,(H2,18,19,20). The van der Waals surface area contributed by atoms with Gasteiger partial charge in [-0.25, -0.2) is 13.6 Å². The zero-order valence-corrected chi connectivity index (χ0v) is 11.4.